The number of amides is 3. The van der Waals surface area contributed by atoms with Crippen molar-refractivity contribution in [1.82, 2.24) is 25.9 Å². The molecule has 0 saturated carbocycles. The number of nitrogens with one attached hydrogen (secondary N) is 5. The highest BCUT2D eigenvalue weighted by Gasteiger charge is 2.32. The average Bonchev–Trinajstić information content (AvgIpc) is 3.54. The Bertz CT molecular complexity index is 1560. The minimum Gasteiger partial charge on any atom is -0.480 e. The van der Waals surface area contributed by atoms with Gasteiger partial charge in [0, 0.05) is 47.0 Å². The molecule has 3 amide bonds. The maximum absolute atomic E-state index is 13.7. The molecule has 216 valence electrons. The van der Waals surface area contributed by atoms with Crippen LogP contribution in [-0.2, 0) is 32.0 Å². The number of aromatic amines is 2. The van der Waals surface area contributed by atoms with E-state index in [-0.39, 0.29) is 12.8 Å². The number of hydrogen-bond acceptors (Lipinski definition) is 6. The van der Waals surface area contributed by atoms with Crippen molar-refractivity contribution in [2.45, 2.75) is 57.0 Å². The minimum absolute atomic E-state index is 0.00871. The summed E-state index contributed by atoms with van der Waals surface area (Å²) in [4.78, 5) is 57.6. The van der Waals surface area contributed by atoms with E-state index in [0.717, 1.165) is 27.4 Å². The lowest BCUT2D eigenvalue weighted by atomic mass is 10.0. The summed E-state index contributed by atoms with van der Waals surface area (Å²) in [5.41, 5.74) is 8.91. The lowest BCUT2D eigenvalue weighted by Crippen LogP contribution is -2.59. The first-order valence-electron chi connectivity index (χ1n) is 13.2. The zero-order valence-electron chi connectivity index (χ0n) is 22.7. The topological polar surface area (TPSA) is 202 Å². The predicted octanol–water partition coefficient (Wildman–Crippen LogP) is 0.701. The third-order valence-electron chi connectivity index (χ3n) is 6.92. The van der Waals surface area contributed by atoms with Gasteiger partial charge in [0.15, 0.2) is 6.04 Å². The molecular weight excluding hydrogens is 528 g/mol. The Morgan fingerprint density at radius 3 is 1.63 bits per heavy atom. The summed E-state index contributed by atoms with van der Waals surface area (Å²) < 4.78 is 0. The number of aromatic nitrogens is 2. The van der Waals surface area contributed by atoms with E-state index < -0.39 is 54.0 Å². The Morgan fingerprint density at radius 1 is 0.756 bits per heavy atom. The third kappa shape index (κ3) is 6.91. The van der Waals surface area contributed by atoms with Gasteiger partial charge in [-0.15, -0.1) is 0 Å². The molecule has 0 aliphatic rings. The molecule has 2 aromatic carbocycles. The molecule has 12 heteroatoms. The highest BCUT2D eigenvalue weighted by Crippen LogP contribution is 2.21. The van der Waals surface area contributed by atoms with Crippen molar-refractivity contribution in [3.05, 3.63) is 72.1 Å². The average molecular weight is 563 g/mol. The van der Waals surface area contributed by atoms with Crippen LogP contribution in [0.2, 0.25) is 0 Å². The van der Waals surface area contributed by atoms with E-state index >= 15 is 0 Å². The standard InChI is InChI=1S/C29H34N6O6/c1-15(30)26(37)33-23(11-17-13-31-21-9-5-3-7-19(17)21)27(38)34-24(28(39)35-25(16(2)36)29(40)41)12-18-14-32-22-10-6-4-8-20(18)22/h3-10,13-16,23-25,31-32,36H,11-12,30H2,1-2H3,(H,33,37)(H,34,38)(H,35,39)(H,40,41). The molecule has 0 bridgehead atoms. The number of carbonyl (C=O) groups excluding carboxylic acids is 3. The van der Waals surface area contributed by atoms with Gasteiger partial charge < -0.3 is 41.9 Å². The lowest BCUT2D eigenvalue weighted by molar-refractivity contribution is -0.145. The molecule has 5 unspecified atom stereocenters. The minimum atomic E-state index is -1.59. The molecule has 0 aliphatic heterocycles. The summed E-state index contributed by atoms with van der Waals surface area (Å²) in [6, 6.07) is 10.1. The van der Waals surface area contributed by atoms with Crippen LogP contribution in [0.3, 0.4) is 0 Å². The van der Waals surface area contributed by atoms with Crippen molar-refractivity contribution in [3.63, 3.8) is 0 Å². The highest BCUT2D eigenvalue weighted by molar-refractivity contribution is 5.95. The number of H-pyrrole nitrogens is 2. The molecule has 9 N–H and O–H groups in total. The van der Waals surface area contributed by atoms with Crippen molar-refractivity contribution >= 4 is 45.5 Å². The number of benzene rings is 2. The first-order chi connectivity index (χ1) is 19.5. The summed E-state index contributed by atoms with van der Waals surface area (Å²) in [6.45, 7) is 2.73. The maximum Gasteiger partial charge on any atom is 0.328 e. The monoisotopic (exact) mass is 562 g/mol. The molecule has 2 heterocycles. The van der Waals surface area contributed by atoms with Crippen molar-refractivity contribution < 1.29 is 29.4 Å². The van der Waals surface area contributed by atoms with E-state index in [4.69, 9.17) is 5.73 Å². The molecule has 4 aromatic rings. The van der Waals surface area contributed by atoms with Gasteiger partial charge in [-0.3, -0.25) is 14.4 Å². The van der Waals surface area contributed by atoms with Crippen LogP contribution in [0, 0.1) is 0 Å². The fourth-order valence-electron chi connectivity index (χ4n) is 4.68. The first kappa shape index (κ1) is 29.3. The molecule has 12 nitrogen and oxygen atoms in total. The normalized spacial score (nSPS) is 15.0. The molecular formula is C29H34N6O6. The van der Waals surface area contributed by atoms with Crippen LogP contribution in [-0.4, -0.2) is 74.1 Å². The van der Waals surface area contributed by atoms with Crippen LogP contribution in [0.25, 0.3) is 21.8 Å². The van der Waals surface area contributed by atoms with E-state index in [1.165, 1.54) is 13.8 Å². The number of carboxylic acids is 1. The second kappa shape index (κ2) is 12.7. The number of hydrogen-bond donors (Lipinski definition) is 8. The third-order valence-corrected chi connectivity index (χ3v) is 6.92. The van der Waals surface area contributed by atoms with E-state index in [0.29, 0.717) is 5.56 Å². The van der Waals surface area contributed by atoms with E-state index in [1.807, 2.05) is 48.5 Å². The number of nitrogens with two attached hydrogens (primary N) is 1. The quantitative estimate of drug-likeness (QED) is 0.124. The summed E-state index contributed by atoms with van der Waals surface area (Å²) in [5.74, 6) is -3.44. The zero-order chi connectivity index (χ0) is 29.7. The van der Waals surface area contributed by atoms with E-state index in [1.54, 1.807) is 12.4 Å². The summed E-state index contributed by atoms with van der Waals surface area (Å²) in [5, 5.41) is 28.8. The molecule has 0 radical (unpaired) electrons. The van der Waals surface area contributed by atoms with Gasteiger partial charge in [0.2, 0.25) is 17.7 Å². The van der Waals surface area contributed by atoms with Crippen LogP contribution in [0.1, 0.15) is 25.0 Å². The van der Waals surface area contributed by atoms with Gasteiger partial charge >= 0.3 is 5.97 Å². The summed E-state index contributed by atoms with van der Waals surface area (Å²) >= 11 is 0. The number of carboxylic acid groups (broad SMARTS) is 1. The number of para-hydroxylation sites is 2. The van der Waals surface area contributed by atoms with E-state index in [2.05, 4.69) is 25.9 Å². The van der Waals surface area contributed by atoms with Gasteiger partial charge in [-0.1, -0.05) is 36.4 Å². The van der Waals surface area contributed by atoms with Gasteiger partial charge in [0.05, 0.1) is 12.1 Å². The Kier molecular flexibility index (Phi) is 9.05. The van der Waals surface area contributed by atoms with Crippen molar-refractivity contribution in [2.75, 3.05) is 0 Å². The fourth-order valence-corrected chi connectivity index (χ4v) is 4.68. The van der Waals surface area contributed by atoms with Crippen molar-refractivity contribution in [2.24, 2.45) is 5.73 Å². The summed E-state index contributed by atoms with van der Waals surface area (Å²) in [6.07, 6.45) is 2.18. The number of aliphatic hydroxyl groups is 1. The van der Waals surface area contributed by atoms with Crippen molar-refractivity contribution in [1.29, 1.82) is 0 Å². The Hall–Kier alpha value is -4.68. The van der Waals surface area contributed by atoms with Crippen LogP contribution in [0.4, 0.5) is 0 Å². The van der Waals surface area contributed by atoms with E-state index in [9.17, 15) is 29.4 Å². The highest BCUT2D eigenvalue weighted by atomic mass is 16.4. The maximum atomic E-state index is 13.7. The molecule has 0 saturated heterocycles. The molecule has 0 spiro atoms. The van der Waals surface area contributed by atoms with Gasteiger partial charge in [0.1, 0.15) is 12.1 Å². The lowest BCUT2D eigenvalue weighted by Gasteiger charge is -2.25. The van der Waals surface area contributed by atoms with Crippen LogP contribution < -0.4 is 21.7 Å². The number of aliphatic carboxylic acids is 1. The largest absolute Gasteiger partial charge is 0.480 e. The smallest absolute Gasteiger partial charge is 0.328 e. The second-order valence-electron chi connectivity index (χ2n) is 10.1. The molecule has 5 atom stereocenters. The first-order valence-corrected chi connectivity index (χ1v) is 13.2. The number of aliphatic hydroxyl groups excluding tert-OH is 1. The number of carbonyl (C=O) groups is 4. The van der Waals surface area contributed by atoms with Gasteiger partial charge in [-0.2, -0.15) is 0 Å². The number of rotatable bonds is 12. The fraction of sp³-hybridized carbons (Fsp3) is 0.310. The predicted molar refractivity (Wildman–Crippen MR) is 153 cm³/mol. The number of fused-ring (bicyclic) bond motifs is 2. The Labute approximate surface area is 235 Å². The molecule has 4 rings (SSSR count). The molecule has 0 aliphatic carbocycles. The van der Waals surface area contributed by atoms with Crippen LogP contribution >= 0.6 is 0 Å². The summed E-state index contributed by atoms with van der Waals surface area (Å²) in [7, 11) is 0. The Morgan fingerprint density at radius 2 is 1.20 bits per heavy atom. The molecule has 41 heavy (non-hydrogen) atoms. The van der Waals surface area contributed by atoms with Crippen molar-refractivity contribution in [3.8, 4) is 0 Å². The van der Waals surface area contributed by atoms with Gasteiger partial charge in [-0.05, 0) is 37.1 Å². The zero-order valence-corrected chi connectivity index (χ0v) is 22.7. The van der Waals surface area contributed by atoms with Gasteiger partial charge in [-0.25, -0.2) is 4.79 Å². The molecule has 2 aromatic heterocycles. The van der Waals surface area contributed by atoms with Crippen LogP contribution in [0.5, 0.6) is 0 Å². The SMILES string of the molecule is CC(N)C(=O)NC(Cc1c[nH]c2ccccc12)C(=O)NC(Cc1c[nH]c2ccccc12)C(=O)NC(C(=O)O)C(C)O. The molecule has 0 fully saturated rings. The van der Waals surface area contributed by atoms with Crippen LogP contribution in [0.15, 0.2) is 60.9 Å². The Balaban J connectivity index is 1.64. The second-order valence-corrected chi connectivity index (χ2v) is 10.1. The van der Waals surface area contributed by atoms with Gasteiger partial charge in [0.25, 0.3) is 0 Å².